The summed E-state index contributed by atoms with van der Waals surface area (Å²) in [6, 6.07) is 17.1. The minimum Gasteiger partial charge on any atom is -0.481 e. The molecule has 1 heterocycles. The molecule has 0 fully saturated rings. The quantitative estimate of drug-likeness (QED) is 0.746. The number of nitrogens with one attached hydrogen (secondary N) is 1. The number of nitrogens with zero attached hydrogens (tertiary/aromatic N) is 1. The maximum Gasteiger partial charge on any atom is 0.252 e. The Balaban J connectivity index is 1.46. The van der Waals surface area contributed by atoms with Crippen LogP contribution in [0.3, 0.4) is 0 Å². The minimum absolute atomic E-state index is 0.129. The van der Waals surface area contributed by atoms with Crippen molar-refractivity contribution >= 4 is 16.8 Å². The number of hydrogen-bond donors (Lipinski definition) is 1. The van der Waals surface area contributed by atoms with Crippen LogP contribution in [0.25, 0.3) is 10.9 Å². The smallest absolute Gasteiger partial charge is 0.252 e. The van der Waals surface area contributed by atoms with Gasteiger partial charge in [-0.15, -0.1) is 0 Å². The Labute approximate surface area is 146 Å². The molecule has 3 rings (SSSR count). The average Bonchev–Trinajstić information content (AvgIpc) is 2.65. The summed E-state index contributed by atoms with van der Waals surface area (Å²) in [5.41, 5.74) is 2.64. The zero-order valence-electron chi connectivity index (χ0n) is 14.0. The molecule has 4 heteroatoms. The van der Waals surface area contributed by atoms with Gasteiger partial charge in [0.05, 0.1) is 12.1 Å². The summed E-state index contributed by atoms with van der Waals surface area (Å²) < 4.78 is 5.59. The SMILES string of the molecule is Cc1ccc(C(=O)NCC#CCOc2ccc3cccnc3c2)cc1. The lowest BCUT2D eigenvalue weighted by Gasteiger charge is -2.03. The standard InChI is InChI=1S/C21H18N2O2/c1-16-6-8-18(9-7-16)21(24)23-12-2-3-14-25-19-11-10-17-5-4-13-22-20(17)15-19/h4-11,13,15H,12,14H2,1H3,(H,23,24). The summed E-state index contributed by atoms with van der Waals surface area (Å²) in [4.78, 5) is 16.2. The summed E-state index contributed by atoms with van der Waals surface area (Å²) in [5, 5.41) is 3.83. The molecule has 3 aromatic rings. The van der Waals surface area contributed by atoms with E-state index < -0.39 is 0 Å². The van der Waals surface area contributed by atoms with Crippen LogP contribution in [0.5, 0.6) is 5.75 Å². The zero-order valence-corrected chi connectivity index (χ0v) is 14.0. The molecule has 0 aliphatic rings. The van der Waals surface area contributed by atoms with Gasteiger partial charge in [0.1, 0.15) is 12.4 Å². The maximum atomic E-state index is 11.9. The highest BCUT2D eigenvalue weighted by molar-refractivity contribution is 5.94. The number of ether oxygens (including phenoxy) is 1. The van der Waals surface area contributed by atoms with Crippen LogP contribution < -0.4 is 10.1 Å². The van der Waals surface area contributed by atoms with Gasteiger partial charge in [-0.1, -0.05) is 35.6 Å². The van der Waals surface area contributed by atoms with Gasteiger partial charge in [0.25, 0.3) is 5.91 Å². The molecule has 1 aromatic heterocycles. The highest BCUT2D eigenvalue weighted by Gasteiger charge is 2.02. The van der Waals surface area contributed by atoms with E-state index in [9.17, 15) is 4.79 Å². The van der Waals surface area contributed by atoms with Gasteiger partial charge in [0, 0.05) is 23.2 Å². The average molecular weight is 330 g/mol. The van der Waals surface area contributed by atoms with E-state index >= 15 is 0 Å². The van der Waals surface area contributed by atoms with E-state index in [-0.39, 0.29) is 19.1 Å². The Kier molecular flexibility index (Phi) is 5.28. The predicted molar refractivity (Wildman–Crippen MR) is 98.5 cm³/mol. The number of aromatic nitrogens is 1. The van der Waals surface area contributed by atoms with E-state index in [1.165, 1.54) is 0 Å². The summed E-state index contributed by atoms with van der Waals surface area (Å²) >= 11 is 0. The predicted octanol–water partition coefficient (Wildman–Crippen LogP) is 3.36. The lowest BCUT2D eigenvalue weighted by molar-refractivity contribution is 0.0958. The zero-order chi connectivity index (χ0) is 17.5. The number of pyridine rings is 1. The van der Waals surface area contributed by atoms with Crippen molar-refractivity contribution in [3.05, 3.63) is 71.9 Å². The molecule has 0 aliphatic heterocycles. The van der Waals surface area contributed by atoms with Crippen molar-refractivity contribution < 1.29 is 9.53 Å². The van der Waals surface area contributed by atoms with E-state index in [0.29, 0.717) is 5.56 Å². The van der Waals surface area contributed by atoms with Crippen LogP contribution in [-0.4, -0.2) is 24.0 Å². The Morgan fingerprint density at radius 3 is 2.80 bits per heavy atom. The second kappa shape index (κ2) is 7.98. The molecular weight excluding hydrogens is 312 g/mol. The first kappa shape index (κ1) is 16.5. The van der Waals surface area contributed by atoms with Crippen molar-refractivity contribution in [1.29, 1.82) is 0 Å². The number of aryl methyl sites for hydroxylation is 1. The van der Waals surface area contributed by atoms with Gasteiger partial charge in [0.2, 0.25) is 0 Å². The number of amides is 1. The van der Waals surface area contributed by atoms with Gasteiger partial charge in [0.15, 0.2) is 0 Å². The second-order valence-electron chi connectivity index (χ2n) is 5.55. The monoisotopic (exact) mass is 330 g/mol. The third kappa shape index (κ3) is 4.58. The van der Waals surface area contributed by atoms with Gasteiger partial charge < -0.3 is 10.1 Å². The van der Waals surface area contributed by atoms with Crippen molar-refractivity contribution in [3.8, 4) is 17.6 Å². The van der Waals surface area contributed by atoms with E-state index in [1.54, 1.807) is 18.3 Å². The molecule has 0 unspecified atom stereocenters. The van der Waals surface area contributed by atoms with E-state index in [1.807, 2.05) is 49.4 Å². The van der Waals surface area contributed by atoms with Gasteiger partial charge in [-0.25, -0.2) is 0 Å². The molecule has 0 saturated heterocycles. The fourth-order valence-electron chi connectivity index (χ4n) is 2.30. The summed E-state index contributed by atoms with van der Waals surface area (Å²) in [5.74, 6) is 6.37. The number of carbonyl (C=O) groups is 1. The van der Waals surface area contributed by atoms with Gasteiger partial charge in [-0.05, 0) is 37.3 Å². The first-order valence-corrected chi connectivity index (χ1v) is 8.00. The second-order valence-corrected chi connectivity index (χ2v) is 5.55. The van der Waals surface area contributed by atoms with Gasteiger partial charge in [-0.3, -0.25) is 9.78 Å². The van der Waals surface area contributed by atoms with Crippen molar-refractivity contribution in [2.24, 2.45) is 0 Å². The minimum atomic E-state index is -0.129. The van der Waals surface area contributed by atoms with Crippen LogP contribution in [0.15, 0.2) is 60.8 Å². The molecular formula is C21H18N2O2. The number of carbonyl (C=O) groups excluding carboxylic acids is 1. The Morgan fingerprint density at radius 2 is 1.96 bits per heavy atom. The number of fused-ring (bicyclic) bond motifs is 1. The van der Waals surface area contributed by atoms with Crippen LogP contribution in [-0.2, 0) is 0 Å². The molecule has 0 radical (unpaired) electrons. The Bertz CT molecular complexity index is 937. The summed E-state index contributed by atoms with van der Waals surface area (Å²) in [6.07, 6.45) is 1.75. The maximum absolute atomic E-state index is 11.9. The van der Waals surface area contributed by atoms with Crippen LogP contribution in [0.4, 0.5) is 0 Å². The Hall–Kier alpha value is -3.32. The lowest BCUT2D eigenvalue weighted by Crippen LogP contribution is -2.23. The largest absolute Gasteiger partial charge is 0.481 e. The normalized spacial score (nSPS) is 9.96. The molecule has 1 N–H and O–H groups in total. The highest BCUT2D eigenvalue weighted by Crippen LogP contribution is 2.18. The van der Waals surface area contributed by atoms with Crippen LogP contribution in [0, 0.1) is 18.8 Å². The molecule has 1 amide bonds. The van der Waals surface area contributed by atoms with E-state index in [0.717, 1.165) is 22.2 Å². The Morgan fingerprint density at radius 1 is 1.12 bits per heavy atom. The summed E-state index contributed by atoms with van der Waals surface area (Å²) in [6.45, 7) is 2.53. The number of rotatable bonds is 4. The first-order valence-electron chi connectivity index (χ1n) is 8.00. The topological polar surface area (TPSA) is 51.2 Å². The van der Waals surface area contributed by atoms with Crippen LogP contribution in [0.1, 0.15) is 15.9 Å². The molecule has 2 aromatic carbocycles. The van der Waals surface area contributed by atoms with Crippen molar-refractivity contribution in [1.82, 2.24) is 10.3 Å². The van der Waals surface area contributed by atoms with Gasteiger partial charge >= 0.3 is 0 Å². The van der Waals surface area contributed by atoms with Crippen molar-refractivity contribution in [2.45, 2.75) is 6.92 Å². The number of hydrogen-bond acceptors (Lipinski definition) is 3. The molecule has 4 nitrogen and oxygen atoms in total. The molecule has 0 aliphatic carbocycles. The third-order valence-electron chi connectivity index (χ3n) is 3.66. The molecule has 0 saturated carbocycles. The van der Waals surface area contributed by atoms with E-state index in [2.05, 4.69) is 22.1 Å². The van der Waals surface area contributed by atoms with E-state index in [4.69, 9.17) is 4.74 Å². The molecule has 124 valence electrons. The number of benzene rings is 2. The molecule has 0 spiro atoms. The van der Waals surface area contributed by atoms with Crippen LogP contribution in [0.2, 0.25) is 0 Å². The van der Waals surface area contributed by atoms with Crippen LogP contribution >= 0.6 is 0 Å². The third-order valence-corrected chi connectivity index (χ3v) is 3.66. The lowest BCUT2D eigenvalue weighted by atomic mass is 10.1. The molecule has 0 bridgehead atoms. The fraction of sp³-hybridized carbons (Fsp3) is 0.143. The summed E-state index contributed by atoms with van der Waals surface area (Å²) in [7, 11) is 0. The van der Waals surface area contributed by atoms with Gasteiger partial charge in [-0.2, -0.15) is 0 Å². The van der Waals surface area contributed by atoms with Crippen molar-refractivity contribution in [3.63, 3.8) is 0 Å². The van der Waals surface area contributed by atoms with Crippen molar-refractivity contribution in [2.75, 3.05) is 13.2 Å². The fourth-order valence-corrected chi connectivity index (χ4v) is 2.30. The molecule has 25 heavy (non-hydrogen) atoms. The molecule has 0 atom stereocenters. The highest BCUT2D eigenvalue weighted by atomic mass is 16.5. The first-order chi connectivity index (χ1) is 12.2.